The Morgan fingerprint density at radius 3 is 2.52 bits per heavy atom. The van der Waals surface area contributed by atoms with E-state index < -0.39 is 0 Å². The molecule has 1 aromatic heterocycles. The highest BCUT2D eigenvalue weighted by molar-refractivity contribution is 6.30. The third-order valence-corrected chi connectivity index (χ3v) is 5.57. The maximum Gasteiger partial charge on any atom is 0.309 e. The Kier molecular flexibility index (Phi) is 7.34. The van der Waals surface area contributed by atoms with E-state index in [2.05, 4.69) is 0 Å². The molecule has 1 aliphatic rings. The number of carbonyl (C=O) groups is 2. The van der Waals surface area contributed by atoms with E-state index in [0.717, 1.165) is 43.0 Å². The number of nitrogens with one attached hydrogen (secondary N) is 1. The Hall–Kier alpha value is -2.31. The fraction of sp³-hybridized carbons (Fsp3) is 0.455. The highest BCUT2D eigenvalue weighted by Gasteiger charge is 2.30. The number of esters is 1. The third-order valence-electron chi connectivity index (χ3n) is 5.32. The molecule has 2 heterocycles. The molecule has 1 aromatic carbocycles. The molecular formula is C22H28ClN2O4+. The summed E-state index contributed by atoms with van der Waals surface area (Å²) >= 11 is 5.93. The number of benzene rings is 1. The SMILES string of the molecule is CCOC(=O)C1CC[NH+](CC(=O)N(C)Cc2ccc(-c3ccc(Cl)cc3)o2)CC1. The Bertz CT molecular complexity index is 826. The van der Waals surface area contributed by atoms with Gasteiger partial charge in [-0.1, -0.05) is 11.6 Å². The van der Waals surface area contributed by atoms with Crippen LogP contribution in [-0.2, 0) is 20.9 Å². The largest absolute Gasteiger partial charge is 0.466 e. The quantitative estimate of drug-likeness (QED) is 0.700. The minimum Gasteiger partial charge on any atom is -0.466 e. The zero-order valence-electron chi connectivity index (χ0n) is 16.9. The normalized spacial score (nSPS) is 19.0. The van der Waals surface area contributed by atoms with Crippen LogP contribution in [0.25, 0.3) is 11.3 Å². The summed E-state index contributed by atoms with van der Waals surface area (Å²) < 4.78 is 11.0. The van der Waals surface area contributed by atoms with Crippen molar-refractivity contribution in [2.75, 3.05) is 33.3 Å². The van der Waals surface area contributed by atoms with Crippen LogP contribution < -0.4 is 4.90 Å². The molecule has 7 heteroatoms. The lowest BCUT2D eigenvalue weighted by atomic mass is 9.97. The molecule has 1 amide bonds. The molecule has 0 bridgehead atoms. The average molecular weight is 420 g/mol. The average Bonchev–Trinajstić information content (AvgIpc) is 3.17. The summed E-state index contributed by atoms with van der Waals surface area (Å²) in [6.45, 7) is 4.71. The van der Waals surface area contributed by atoms with Crippen molar-refractivity contribution in [1.29, 1.82) is 0 Å². The van der Waals surface area contributed by atoms with Gasteiger partial charge < -0.3 is 19.0 Å². The number of halogens is 1. The monoisotopic (exact) mass is 419 g/mol. The number of likely N-dealkylation sites (N-methyl/N-ethyl adjacent to an activating group) is 1. The molecule has 29 heavy (non-hydrogen) atoms. The number of likely N-dealkylation sites (tertiary alicyclic amines) is 1. The van der Waals surface area contributed by atoms with Crippen LogP contribution in [0.1, 0.15) is 25.5 Å². The summed E-state index contributed by atoms with van der Waals surface area (Å²) in [7, 11) is 1.79. The number of furan rings is 1. The van der Waals surface area contributed by atoms with Crippen molar-refractivity contribution in [1.82, 2.24) is 4.90 Å². The minimum atomic E-state index is -0.107. The van der Waals surface area contributed by atoms with Crippen molar-refractivity contribution in [3.8, 4) is 11.3 Å². The maximum absolute atomic E-state index is 12.6. The lowest BCUT2D eigenvalue weighted by molar-refractivity contribution is -0.898. The number of hydrogen-bond acceptors (Lipinski definition) is 4. The van der Waals surface area contributed by atoms with Crippen molar-refractivity contribution in [2.24, 2.45) is 5.92 Å². The van der Waals surface area contributed by atoms with E-state index in [4.69, 9.17) is 20.8 Å². The lowest BCUT2D eigenvalue weighted by Gasteiger charge is -2.28. The van der Waals surface area contributed by atoms with Gasteiger partial charge in [-0.05, 0) is 43.3 Å². The van der Waals surface area contributed by atoms with Crippen molar-refractivity contribution in [2.45, 2.75) is 26.3 Å². The van der Waals surface area contributed by atoms with E-state index in [0.29, 0.717) is 24.7 Å². The second-order valence-electron chi connectivity index (χ2n) is 7.48. The zero-order chi connectivity index (χ0) is 20.8. The van der Waals surface area contributed by atoms with Gasteiger partial charge in [0.2, 0.25) is 0 Å². The molecule has 2 aromatic rings. The van der Waals surface area contributed by atoms with Gasteiger partial charge in [-0.2, -0.15) is 0 Å². The number of amides is 1. The summed E-state index contributed by atoms with van der Waals surface area (Å²) in [5.74, 6) is 1.43. The molecule has 3 rings (SSSR count). The topological polar surface area (TPSA) is 64.2 Å². The number of quaternary nitrogens is 1. The Labute approximate surface area is 176 Å². The van der Waals surface area contributed by atoms with Gasteiger partial charge in [0.25, 0.3) is 5.91 Å². The van der Waals surface area contributed by atoms with Crippen LogP contribution in [-0.4, -0.2) is 50.1 Å². The van der Waals surface area contributed by atoms with E-state index in [1.807, 2.05) is 43.3 Å². The van der Waals surface area contributed by atoms with Crippen molar-refractivity contribution in [3.63, 3.8) is 0 Å². The standard InChI is InChI=1S/C22H27ClN2O4/c1-3-28-22(27)17-10-12-25(13-11-17)15-21(26)24(2)14-19-8-9-20(29-19)16-4-6-18(23)7-5-16/h4-9,17H,3,10-15H2,1-2H3/p+1. The smallest absolute Gasteiger partial charge is 0.309 e. The molecule has 156 valence electrons. The molecule has 0 unspecified atom stereocenters. The van der Waals surface area contributed by atoms with Gasteiger partial charge in [-0.3, -0.25) is 9.59 Å². The number of rotatable bonds is 7. The fourth-order valence-electron chi connectivity index (χ4n) is 3.60. The Morgan fingerprint density at radius 2 is 1.86 bits per heavy atom. The Morgan fingerprint density at radius 1 is 1.17 bits per heavy atom. The van der Waals surface area contributed by atoms with E-state index in [1.165, 1.54) is 4.90 Å². The van der Waals surface area contributed by atoms with Gasteiger partial charge in [-0.25, -0.2) is 0 Å². The van der Waals surface area contributed by atoms with Crippen LogP contribution in [0.3, 0.4) is 0 Å². The van der Waals surface area contributed by atoms with Gasteiger partial charge in [0.15, 0.2) is 6.54 Å². The molecule has 6 nitrogen and oxygen atoms in total. The second-order valence-corrected chi connectivity index (χ2v) is 7.91. The molecule has 1 N–H and O–H groups in total. The second kappa shape index (κ2) is 9.94. The summed E-state index contributed by atoms with van der Waals surface area (Å²) in [6, 6.07) is 11.3. The van der Waals surface area contributed by atoms with Crippen molar-refractivity contribution in [3.05, 3.63) is 47.2 Å². The van der Waals surface area contributed by atoms with Crippen LogP contribution in [0.4, 0.5) is 0 Å². The van der Waals surface area contributed by atoms with Crippen molar-refractivity contribution < 1.29 is 23.6 Å². The number of piperidine rings is 1. The summed E-state index contributed by atoms with van der Waals surface area (Å²) in [4.78, 5) is 27.3. The predicted octanol–water partition coefficient (Wildman–Crippen LogP) is 2.42. The zero-order valence-corrected chi connectivity index (χ0v) is 17.7. The molecule has 1 saturated heterocycles. The van der Waals surface area contributed by atoms with Gasteiger partial charge in [0, 0.05) is 30.5 Å². The van der Waals surface area contributed by atoms with Crippen LogP contribution in [0.5, 0.6) is 0 Å². The molecular weight excluding hydrogens is 392 g/mol. The van der Waals surface area contributed by atoms with E-state index in [-0.39, 0.29) is 17.8 Å². The summed E-state index contributed by atoms with van der Waals surface area (Å²) in [5, 5.41) is 0.680. The highest BCUT2D eigenvalue weighted by atomic mass is 35.5. The summed E-state index contributed by atoms with van der Waals surface area (Å²) in [6.07, 6.45) is 1.54. The van der Waals surface area contributed by atoms with Crippen LogP contribution >= 0.6 is 11.6 Å². The molecule has 0 saturated carbocycles. The van der Waals surface area contributed by atoms with Crippen LogP contribution in [0, 0.1) is 5.92 Å². The third kappa shape index (κ3) is 5.84. The first-order valence-electron chi connectivity index (χ1n) is 10.0. The lowest BCUT2D eigenvalue weighted by Crippen LogP contribution is -3.14. The molecule has 0 radical (unpaired) electrons. The molecule has 0 aliphatic carbocycles. The molecule has 1 aliphatic heterocycles. The maximum atomic E-state index is 12.6. The van der Waals surface area contributed by atoms with Gasteiger partial charge in [0.1, 0.15) is 11.5 Å². The number of ether oxygens (including phenoxy) is 1. The van der Waals surface area contributed by atoms with Gasteiger partial charge in [0.05, 0.1) is 32.2 Å². The van der Waals surface area contributed by atoms with Crippen molar-refractivity contribution >= 4 is 23.5 Å². The van der Waals surface area contributed by atoms with E-state index in [1.54, 1.807) is 11.9 Å². The summed E-state index contributed by atoms with van der Waals surface area (Å²) in [5.41, 5.74) is 0.948. The number of carbonyl (C=O) groups excluding carboxylic acids is 2. The molecule has 0 atom stereocenters. The molecule has 1 fully saturated rings. The number of hydrogen-bond donors (Lipinski definition) is 1. The number of nitrogens with zero attached hydrogens (tertiary/aromatic N) is 1. The predicted molar refractivity (Wildman–Crippen MR) is 111 cm³/mol. The first-order chi connectivity index (χ1) is 14.0. The minimum absolute atomic E-state index is 0.0269. The van der Waals surface area contributed by atoms with Crippen LogP contribution in [0.15, 0.2) is 40.8 Å². The Balaban J connectivity index is 1.48. The van der Waals surface area contributed by atoms with Gasteiger partial charge in [-0.15, -0.1) is 0 Å². The highest BCUT2D eigenvalue weighted by Crippen LogP contribution is 2.24. The molecule has 0 spiro atoms. The van der Waals surface area contributed by atoms with Gasteiger partial charge >= 0.3 is 5.97 Å². The van der Waals surface area contributed by atoms with E-state index >= 15 is 0 Å². The van der Waals surface area contributed by atoms with E-state index in [9.17, 15) is 9.59 Å². The first kappa shape index (κ1) is 21.4. The van der Waals surface area contributed by atoms with Crippen LogP contribution in [0.2, 0.25) is 5.02 Å². The first-order valence-corrected chi connectivity index (χ1v) is 10.4. The fourth-order valence-corrected chi connectivity index (χ4v) is 3.73.